The summed E-state index contributed by atoms with van der Waals surface area (Å²) in [7, 11) is 0. The van der Waals surface area contributed by atoms with Crippen molar-refractivity contribution in [2.75, 3.05) is 0 Å². The van der Waals surface area contributed by atoms with Crippen LogP contribution in [0.5, 0.6) is 0 Å². The Morgan fingerprint density at radius 1 is 0.400 bits per heavy atom. The minimum atomic E-state index is -0.0289. The Morgan fingerprint density at radius 3 is 0.960 bits per heavy atom. The molecule has 1 unspecified atom stereocenters. The van der Waals surface area contributed by atoms with E-state index in [1.54, 1.807) is 0 Å². The molecule has 0 fully saturated rings. The molecule has 0 saturated heterocycles. The quantitative estimate of drug-likeness (QED) is 0.205. The van der Waals surface area contributed by atoms with Crippen molar-refractivity contribution in [2.45, 2.75) is 155 Å². The van der Waals surface area contributed by atoms with Gasteiger partial charge in [0.15, 0.2) is 0 Å². The highest BCUT2D eigenvalue weighted by Crippen LogP contribution is 2.15. The lowest BCUT2D eigenvalue weighted by Gasteiger charge is -2.10. The Balaban J connectivity index is 3.06. The molecule has 0 rings (SSSR count). The molecule has 0 aromatic carbocycles. The number of aliphatic hydroxyl groups excluding tert-OH is 1. The summed E-state index contributed by atoms with van der Waals surface area (Å²) in [5.41, 5.74) is 0. The van der Waals surface area contributed by atoms with Crippen LogP contribution in [0.2, 0.25) is 0 Å². The zero-order chi connectivity index (χ0) is 18.4. The first-order valence-corrected chi connectivity index (χ1v) is 12.0. The van der Waals surface area contributed by atoms with Crippen molar-refractivity contribution < 1.29 is 5.11 Å². The average Bonchev–Trinajstić information content (AvgIpc) is 2.62. The predicted molar refractivity (Wildman–Crippen MR) is 114 cm³/mol. The molecule has 25 heavy (non-hydrogen) atoms. The third-order valence-electron chi connectivity index (χ3n) is 5.53. The summed E-state index contributed by atoms with van der Waals surface area (Å²) in [5, 5.41) is 9.95. The van der Waals surface area contributed by atoms with Gasteiger partial charge in [-0.05, 0) is 12.8 Å². The maximum absolute atomic E-state index is 9.95. The van der Waals surface area contributed by atoms with Gasteiger partial charge in [0.2, 0.25) is 0 Å². The standard InChI is InChI=1S/C24H50O/c1-3-5-7-9-10-11-12-13-14-15-16-17-18-19-21-23-24(25)22-20-8-6-4-2/h24-25H,3-23H2,1-2H3. The van der Waals surface area contributed by atoms with E-state index in [1.807, 2.05) is 0 Å². The highest BCUT2D eigenvalue weighted by atomic mass is 16.3. The minimum absolute atomic E-state index is 0.0289. The van der Waals surface area contributed by atoms with Crippen LogP contribution in [0.3, 0.4) is 0 Å². The molecule has 1 N–H and O–H groups in total. The van der Waals surface area contributed by atoms with Gasteiger partial charge in [0.25, 0.3) is 0 Å². The first-order valence-electron chi connectivity index (χ1n) is 12.0. The number of aliphatic hydroxyl groups is 1. The summed E-state index contributed by atoms with van der Waals surface area (Å²) in [6, 6.07) is 0. The molecule has 0 amide bonds. The highest BCUT2D eigenvalue weighted by molar-refractivity contribution is 4.57. The molecule has 0 aromatic heterocycles. The van der Waals surface area contributed by atoms with Gasteiger partial charge in [-0.3, -0.25) is 0 Å². The number of hydrogen-bond acceptors (Lipinski definition) is 1. The summed E-state index contributed by atoms with van der Waals surface area (Å²) in [5.74, 6) is 0. The van der Waals surface area contributed by atoms with Gasteiger partial charge < -0.3 is 5.11 Å². The highest BCUT2D eigenvalue weighted by Gasteiger charge is 2.03. The number of unbranched alkanes of at least 4 members (excludes halogenated alkanes) is 17. The van der Waals surface area contributed by atoms with E-state index in [4.69, 9.17) is 0 Å². The summed E-state index contributed by atoms with van der Waals surface area (Å²) >= 11 is 0. The molecule has 0 aromatic rings. The zero-order valence-corrected chi connectivity index (χ0v) is 17.9. The van der Waals surface area contributed by atoms with Gasteiger partial charge >= 0.3 is 0 Å². The van der Waals surface area contributed by atoms with Crippen molar-refractivity contribution >= 4 is 0 Å². The first kappa shape index (κ1) is 25.0. The second-order valence-electron chi connectivity index (χ2n) is 8.24. The Hall–Kier alpha value is -0.0400. The van der Waals surface area contributed by atoms with E-state index >= 15 is 0 Å². The predicted octanol–water partition coefficient (Wildman–Crippen LogP) is 8.58. The van der Waals surface area contributed by atoms with Crippen molar-refractivity contribution in [3.8, 4) is 0 Å². The van der Waals surface area contributed by atoms with Crippen LogP contribution in [0.4, 0.5) is 0 Å². The lowest BCUT2D eigenvalue weighted by molar-refractivity contribution is 0.147. The van der Waals surface area contributed by atoms with Gasteiger partial charge in [-0.15, -0.1) is 0 Å². The van der Waals surface area contributed by atoms with Crippen LogP contribution in [0.15, 0.2) is 0 Å². The van der Waals surface area contributed by atoms with Crippen LogP contribution in [0.1, 0.15) is 149 Å². The van der Waals surface area contributed by atoms with E-state index in [1.165, 1.54) is 122 Å². The Morgan fingerprint density at radius 2 is 0.640 bits per heavy atom. The molecule has 0 bridgehead atoms. The monoisotopic (exact) mass is 354 g/mol. The van der Waals surface area contributed by atoms with Gasteiger partial charge in [0.1, 0.15) is 0 Å². The van der Waals surface area contributed by atoms with E-state index in [-0.39, 0.29) is 6.10 Å². The van der Waals surface area contributed by atoms with Gasteiger partial charge in [-0.2, -0.15) is 0 Å². The largest absolute Gasteiger partial charge is 0.393 e. The van der Waals surface area contributed by atoms with Gasteiger partial charge in [-0.25, -0.2) is 0 Å². The van der Waals surface area contributed by atoms with E-state index in [0.29, 0.717) is 0 Å². The van der Waals surface area contributed by atoms with Crippen LogP contribution >= 0.6 is 0 Å². The van der Waals surface area contributed by atoms with E-state index in [2.05, 4.69) is 13.8 Å². The molecule has 152 valence electrons. The summed E-state index contributed by atoms with van der Waals surface area (Å²) in [6.07, 6.45) is 28.3. The van der Waals surface area contributed by atoms with Gasteiger partial charge in [-0.1, -0.05) is 136 Å². The third-order valence-corrected chi connectivity index (χ3v) is 5.53. The molecule has 1 atom stereocenters. The molecule has 0 spiro atoms. The van der Waals surface area contributed by atoms with Crippen molar-refractivity contribution in [2.24, 2.45) is 0 Å². The molecule has 0 aliphatic rings. The third kappa shape index (κ3) is 21.9. The van der Waals surface area contributed by atoms with Crippen molar-refractivity contribution in [1.82, 2.24) is 0 Å². The Labute approximate surface area is 160 Å². The maximum Gasteiger partial charge on any atom is 0.0540 e. The maximum atomic E-state index is 9.95. The van der Waals surface area contributed by atoms with Crippen molar-refractivity contribution in [1.29, 1.82) is 0 Å². The second-order valence-corrected chi connectivity index (χ2v) is 8.24. The minimum Gasteiger partial charge on any atom is -0.393 e. The topological polar surface area (TPSA) is 20.2 Å². The van der Waals surface area contributed by atoms with Crippen LogP contribution in [0.25, 0.3) is 0 Å². The molecule has 0 aliphatic heterocycles. The smallest absolute Gasteiger partial charge is 0.0540 e. The van der Waals surface area contributed by atoms with Crippen LogP contribution in [-0.4, -0.2) is 11.2 Å². The lowest BCUT2D eigenvalue weighted by Crippen LogP contribution is -2.05. The molecule has 0 radical (unpaired) electrons. The molecule has 1 heteroatoms. The van der Waals surface area contributed by atoms with Gasteiger partial charge in [0, 0.05) is 0 Å². The Kier molecular flexibility index (Phi) is 22.0. The summed E-state index contributed by atoms with van der Waals surface area (Å²) in [6.45, 7) is 4.53. The summed E-state index contributed by atoms with van der Waals surface area (Å²) < 4.78 is 0. The molecule has 1 nitrogen and oxygen atoms in total. The molecule has 0 aliphatic carbocycles. The Bertz CT molecular complexity index is 226. The number of rotatable bonds is 21. The normalized spacial score (nSPS) is 12.6. The van der Waals surface area contributed by atoms with E-state index < -0.39 is 0 Å². The average molecular weight is 355 g/mol. The summed E-state index contributed by atoms with van der Waals surface area (Å²) in [4.78, 5) is 0. The van der Waals surface area contributed by atoms with Crippen LogP contribution < -0.4 is 0 Å². The molecular formula is C24H50O. The molecule has 0 heterocycles. The lowest BCUT2D eigenvalue weighted by atomic mass is 10.0. The fraction of sp³-hybridized carbons (Fsp3) is 1.00. The molecule has 0 saturated carbocycles. The van der Waals surface area contributed by atoms with Crippen LogP contribution in [-0.2, 0) is 0 Å². The van der Waals surface area contributed by atoms with Crippen molar-refractivity contribution in [3.63, 3.8) is 0 Å². The zero-order valence-electron chi connectivity index (χ0n) is 17.9. The number of hydrogen-bond donors (Lipinski definition) is 1. The molecular weight excluding hydrogens is 304 g/mol. The first-order chi connectivity index (χ1) is 12.3. The van der Waals surface area contributed by atoms with Crippen LogP contribution in [0, 0.1) is 0 Å². The fourth-order valence-corrected chi connectivity index (χ4v) is 3.70. The second kappa shape index (κ2) is 22.0. The van der Waals surface area contributed by atoms with E-state index in [0.717, 1.165) is 12.8 Å². The van der Waals surface area contributed by atoms with Gasteiger partial charge in [0.05, 0.1) is 6.10 Å². The fourth-order valence-electron chi connectivity index (χ4n) is 3.70. The SMILES string of the molecule is CCCCCCCCCCCCCCCCCC(O)CCCCCC. The van der Waals surface area contributed by atoms with Crippen molar-refractivity contribution in [3.05, 3.63) is 0 Å². The van der Waals surface area contributed by atoms with E-state index in [9.17, 15) is 5.11 Å².